The highest BCUT2D eigenvalue weighted by Gasteiger charge is 2.50. The Morgan fingerprint density at radius 1 is 0.818 bits per heavy atom. The van der Waals surface area contributed by atoms with Crippen LogP contribution in [0.3, 0.4) is 0 Å². The van der Waals surface area contributed by atoms with Crippen molar-refractivity contribution in [1.82, 2.24) is 0 Å². The van der Waals surface area contributed by atoms with Crippen LogP contribution in [0.1, 0.15) is 32.1 Å². The van der Waals surface area contributed by atoms with Crippen LogP contribution in [0.2, 0.25) is 0 Å². The number of fused-ring (bicyclic) bond motifs is 5. The molecule has 62 valence electrons. The molecular formula is C10H17N. The lowest BCUT2D eigenvalue weighted by molar-refractivity contribution is 0.259. The molecule has 2 N–H and O–H groups in total. The molecule has 0 spiro atoms. The van der Waals surface area contributed by atoms with Crippen molar-refractivity contribution in [2.45, 2.75) is 38.1 Å². The van der Waals surface area contributed by atoms with Crippen LogP contribution < -0.4 is 5.73 Å². The number of hydrogen-bond donors (Lipinski definition) is 1. The van der Waals surface area contributed by atoms with E-state index in [9.17, 15) is 0 Å². The molecule has 3 rings (SSSR count). The Labute approximate surface area is 68.3 Å². The maximum Gasteiger partial charge on any atom is 0.00445 e. The second kappa shape index (κ2) is 2.01. The summed E-state index contributed by atoms with van der Waals surface area (Å²) in [7, 11) is 0. The molecule has 0 aromatic rings. The van der Waals surface area contributed by atoms with Gasteiger partial charge in [0.2, 0.25) is 0 Å². The summed E-state index contributed by atoms with van der Waals surface area (Å²) in [5.74, 6) is 4.31. The maximum absolute atomic E-state index is 5.98. The fourth-order valence-corrected chi connectivity index (χ4v) is 4.06. The summed E-state index contributed by atoms with van der Waals surface area (Å²) in [5.41, 5.74) is 5.98. The van der Waals surface area contributed by atoms with Gasteiger partial charge in [0.05, 0.1) is 0 Å². The SMILES string of the molecule is NC1CC2C3CCC(C3)C2C1. The highest BCUT2D eigenvalue weighted by molar-refractivity contribution is 5.02. The average molecular weight is 151 g/mol. The predicted octanol–water partition coefficient (Wildman–Crippen LogP) is 1.77. The normalized spacial score (nSPS) is 60.3. The number of rotatable bonds is 0. The molecule has 11 heavy (non-hydrogen) atoms. The van der Waals surface area contributed by atoms with E-state index in [1.807, 2.05) is 0 Å². The highest BCUT2D eigenvalue weighted by atomic mass is 14.7. The largest absolute Gasteiger partial charge is 0.328 e. The second-order valence-corrected chi connectivity index (χ2v) is 4.89. The molecule has 1 nitrogen and oxygen atoms in total. The molecule has 0 aliphatic heterocycles. The molecule has 3 aliphatic carbocycles. The van der Waals surface area contributed by atoms with Crippen molar-refractivity contribution in [3.63, 3.8) is 0 Å². The zero-order valence-electron chi connectivity index (χ0n) is 7.00. The Balaban J connectivity index is 1.87. The summed E-state index contributed by atoms with van der Waals surface area (Å²) < 4.78 is 0. The van der Waals surface area contributed by atoms with E-state index < -0.39 is 0 Å². The Kier molecular flexibility index (Phi) is 1.18. The van der Waals surface area contributed by atoms with Gasteiger partial charge in [0.1, 0.15) is 0 Å². The van der Waals surface area contributed by atoms with E-state index in [-0.39, 0.29) is 0 Å². The molecule has 3 fully saturated rings. The lowest BCUT2D eigenvalue weighted by Gasteiger charge is -2.23. The van der Waals surface area contributed by atoms with Gasteiger partial charge in [-0.25, -0.2) is 0 Å². The quantitative estimate of drug-likeness (QED) is 0.561. The van der Waals surface area contributed by atoms with E-state index in [0.29, 0.717) is 6.04 Å². The van der Waals surface area contributed by atoms with Crippen molar-refractivity contribution in [3.8, 4) is 0 Å². The zero-order valence-corrected chi connectivity index (χ0v) is 7.00. The topological polar surface area (TPSA) is 26.0 Å². The minimum absolute atomic E-state index is 0.563. The molecule has 1 heteroatoms. The van der Waals surface area contributed by atoms with Crippen LogP contribution in [0.15, 0.2) is 0 Å². The molecule has 0 amide bonds. The fraction of sp³-hybridized carbons (Fsp3) is 1.00. The van der Waals surface area contributed by atoms with E-state index in [1.165, 1.54) is 25.7 Å². The van der Waals surface area contributed by atoms with Crippen molar-refractivity contribution in [3.05, 3.63) is 0 Å². The van der Waals surface area contributed by atoms with Crippen LogP contribution in [-0.4, -0.2) is 6.04 Å². The van der Waals surface area contributed by atoms with Gasteiger partial charge in [-0.05, 0) is 55.8 Å². The van der Waals surface area contributed by atoms with Crippen molar-refractivity contribution in [2.75, 3.05) is 0 Å². The summed E-state index contributed by atoms with van der Waals surface area (Å²) in [6.07, 6.45) is 7.32. The molecule has 3 saturated carbocycles. The third-order valence-electron chi connectivity index (χ3n) is 4.42. The van der Waals surface area contributed by atoms with Gasteiger partial charge in [0, 0.05) is 6.04 Å². The van der Waals surface area contributed by atoms with Gasteiger partial charge in [-0.2, -0.15) is 0 Å². The second-order valence-electron chi connectivity index (χ2n) is 4.89. The molecule has 0 radical (unpaired) electrons. The summed E-state index contributed by atoms with van der Waals surface area (Å²) in [6.45, 7) is 0. The molecule has 0 heterocycles. The third-order valence-corrected chi connectivity index (χ3v) is 4.42. The summed E-state index contributed by atoms with van der Waals surface area (Å²) >= 11 is 0. The Bertz CT molecular complexity index is 160. The van der Waals surface area contributed by atoms with Crippen molar-refractivity contribution >= 4 is 0 Å². The Morgan fingerprint density at radius 2 is 1.36 bits per heavy atom. The zero-order chi connectivity index (χ0) is 7.42. The number of nitrogens with two attached hydrogens (primary N) is 1. The minimum Gasteiger partial charge on any atom is -0.328 e. The molecule has 4 unspecified atom stereocenters. The first-order valence-corrected chi connectivity index (χ1v) is 5.10. The van der Waals surface area contributed by atoms with Crippen LogP contribution in [0.4, 0.5) is 0 Å². The van der Waals surface area contributed by atoms with Crippen molar-refractivity contribution in [1.29, 1.82) is 0 Å². The van der Waals surface area contributed by atoms with Gasteiger partial charge in [-0.1, -0.05) is 0 Å². The van der Waals surface area contributed by atoms with E-state index >= 15 is 0 Å². The minimum atomic E-state index is 0.563. The standard InChI is InChI=1S/C10H17N/c11-8-4-9-6-1-2-7(3-6)10(9)5-8/h6-10H,1-5,11H2. The third kappa shape index (κ3) is 0.752. The van der Waals surface area contributed by atoms with E-state index in [2.05, 4.69) is 0 Å². The maximum atomic E-state index is 5.98. The number of hydrogen-bond acceptors (Lipinski definition) is 1. The van der Waals surface area contributed by atoms with Crippen molar-refractivity contribution in [2.24, 2.45) is 29.4 Å². The van der Waals surface area contributed by atoms with E-state index in [0.717, 1.165) is 23.7 Å². The van der Waals surface area contributed by atoms with Crippen LogP contribution in [0.25, 0.3) is 0 Å². The van der Waals surface area contributed by atoms with Crippen LogP contribution in [-0.2, 0) is 0 Å². The molecule has 2 bridgehead atoms. The van der Waals surface area contributed by atoms with Gasteiger partial charge in [-0.3, -0.25) is 0 Å². The molecule has 3 aliphatic rings. The lowest BCUT2D eigenvalue weighted by atomic mass is 9.82. The summed E-state index contributed by atoms with van der Waals surface area (Å²) in [6, 6.07) is 0.563. The molecule has 0 saturated heterocycles. The monoisotopic (exact) mass is 151 g/mol. The van der Waals surface area contributed by atoms with Crippen LogP contribution in [0.5, 0.6) is 0 Å². The van der Waals surface area contributed by atoms with Crippen LogP contribution >= 0.6 is 0 Å². The Hall–Kier alpha value is -0.0400. The van der Waals surface area contributed by atoms with Crippen molar-refractivity contribution < 1.29 is 0 Å². The van der Waals surface area contributed by atoms with E-state index in [1.54, 1.807) is 6.42 Å². The van der Waals surface area contributed by atoms with Gasteiger partial charge in [-0.15, -0.1) is 0 Å². The average Bonchev–Trinajstić information content (AvgIpc) is 2.53. The first-order chi connectivity index (χ1) is 5.34. The first kappa shape index (κ1) is 6.47. The van der Waals surface area contributed by atoms with Gasteiger partial charge < -0.3 is 5.73 Å². The molecule has 0 aromatic carbocycles. The van der Waals surface area contributed by atoms with Gasteiger partial charge >= 0.3 is 0 Å². The van der Waals surface area contributed by atoms with Crippen LogP contribution in [0, 0.1) is 23.7 Å². The van der Waals surface area contributed by atoms with E-state index in [4.69, 9.17) is 5.73 Å². The fourth-order valence-electron chi connectivity index (χ4n) is 4.06. The van der Waals surface area contributed by atoms with Gasteiger partial charge in [0.15, 0.2) is 0 Å². The molecule has 0 aromatic heterocycles. The molecule has 4 atom stereocenters. The smallest absolute Gasteiger partial charge is 0.00445 e. The lowest BCUT2D eigenvalue weighted by Crippen LogP contribution is -2.16. The Morgan fingerprint density at radius 3 is 1.91 bits per heavy atom. The molecular weight excluding hydrogens is 134 g/mol. The predicted molar refractivity (Wildman–Crippen MR) is 45.0 cm³/mol. The summed E-state index contributed by atoms with van der Waals surface area (Å²) in [5, 5.41) is 0. The highest BCUT2D eigenvalue weighted by Crippen LogP contribution is 2.58. The first-order valence-electron chi connectivity index (χ1n) is 5.10. The van der Waals surface area contributed by atoms with Gasteiger partial charge in [0.25, 0.3) is 0 Å². The summed E-state index contributed by atoms with van der Waals surface area (Å²) in [4.78, 5) is 0.